The van der Waals surface area contributed by atoms with Crippen LogP contribution in [-0.4, -0.2) is 0 Å². The highest BCUT2D eigenvalue weighted by atomic mass is 16.3. The molecular weight excluding hydrogens is 691 g/mol. The number of hydrogen-bond donors (Lipinski definition) is 0. The number of fused-ring (bicyclic) bond motifs is 7. The van der Waals surface area contributed by atoms with Gasteiger partial charge in [-0.2, -0.15) is 0 Å². The molecule has 0 unspecified atom stereocenters. The van der Waals surface area contributed by atoms with Crippen molar-refractivity contribution >= 4 is 49.8 Å². The SMILES string of the molecule is CC1(C)c2ccccc2-c2ccc(-c3ccc(N(c4ccc5c(c4)oc4ccccc45)c4ccccc4-c4cccc(-c5cccc6ccccc56)c4)cc3)cc21. The van der Waals surface area contributed by atoms with E-state index in [4.69, 9.17) is 4.42 Å². The number of para-hydroxylation sites is 2. The zero-order valence-electron chi connectivity index (χ0n) is 31.9. The maximum absolute atomic E-state index is 6.46. The van der Waals surface area contributed by atoms with Gasteiger partial charge in [0.05, 0.1) is 5.69 Å². The molecule has 0 amide bonds. The normalized spacial score (nSPS) is 12.9. The Morgan fingerprint density at radius 3 is 1.86 bits per heavy atom. The molecule has 0 bridgehead atoms. The van der Waals surface area contributed by atoms with Gasteiger partial charge in [0.25, 0.3) is 0 Å². The standard InChI is InChI=1S/C55H39NO/c1-55(2)50-22-8-5-19-46(50)47-31-27-38(34-51(47)55)36-25-28-41(29-26-36)56(42-30-32-49-48-20-7-10-24-53(48)57-54(49)35-42)52-23-9-6-18-45(52)40-16-11-15-39(33-40)44-21-12-14-37-13-3-4-17-43(37)44/h3-35H,1-2H3. The number of benzene rings is 9. The van der Waals surface area contributed by atoms with Gasteiger partial charge in [0.2, 0.25) is 0 Å². The van der Waals surface area contributed by atoms with Gasteiger partial charge in [-0.25, -0.2) is 0 Å². The second kappa shape index (κ2) is 13.0. The lowest BCUT2D eigenvalue weighted by Gasteiger charge is -2.28. The highest BCUT2D eigenvalue weighted by Crippen LogP contribution is 2.50. The van der Waals surface area contributed by atoms with Crippen molar-refractivity contribution in [3.05, 3.63) is 211 Å². The van der Waals surface area contributed by atoms with Crippen LogP contribution in [0.2, 0.25) is 0 Å². The van der Waals surface area contributed by atoms with Gasteiger partial charge in [-0.05, 0) is 109 Å². The number of anilines is 3. The molecule has 2 heteroatoms. The molecule has 0 saturated carbocycles. The van der Waals surface area contributed by atoms with Crippen LogP contribution in [0.25, 0.3) is 77.2 Å². The van der Waals surface area contributed by atoms with Crippen LogP contribution in [0.1, 0.15) is 25.0 Å². The summed E-state index contributed by atoms with van der Waals surface area (Å²) < 4.78 is 6.46. The molecule has 0 saturated heterocycles. The van der Waals surface area contributed by atoms with E-state index in [1.165, 1.54) is 55.3 Å². The summed E-state index contributed by atoms with van der Waals surface area (Å²) in [6.45, 7) is 4.69. The van der Waals surface area contributed by atoms with Crippen molar-refractivity contribution in [2.24, 2.45) is 0 Å². The van der Waals surface area contributed by atoms with Crippen molar-refractivity contribution in [2.75, 3.05) is 4.90 Å². The molecule has 10 aromatic rings. The molecule has 0 spiro atoms. The van der Waals surface area contributed by atoms with E-state index in [0.29, 0.717) is 0 Å². The molecule has 1 aliphatic carbocycles. The fourth-order valence-electron chi connectivity index (χ4n) is 9.21. The molecule has 0 radical (unpaired) electrons. The second-order valence-corrected chi connectivity index (χ2v) is 15.7. The van der Waals surface area contributed by atoms with E-state index in [1.54, 1.807) is 0 Å². The molecular formula is C55H39NO. The minimum atomic E-state index is -0.0530. The Labute approximate surface area is 332 Å². The largest absolute Gasteiger partial charge is 0.456 e. The number of nitrogens with zero attached hydrogens (tertiary/aromatic N) is 1. The first-order valence-electron chi connectivity index (χ1n) is 19.8. The summed E-state index contributed by atoms with van der Waals surface area (Å²) in [5.74, 6) is 0. The molecule has 1 heterocycles. The Morgan fingerprint density at radius 2 is 0.982 bits per heavy atom. The zero-order chi connectivity index (χ0) is 38.1. The van der Waals surface area contributed by atoms with E-state index in [0.717, 1.165) is 50.1 Å². The quantitative estimate of drug-likeness (QED) is 0.169. The monoisotopic (exact) mass is 729 g/mol. The van der Waals surface area contributed by atoms with Gasteiger partial charge in [-0.1, -0.05) is 159 Å². The molecule has 1 aliphatic rings. The first-order valence-corrected chi connectivity index (χ1v) is 19.8. The molecule has 270 valence electrons. The van der Waals surface area contributed by atoms with Crippen LogP contribution in [0.15, 0.2) is 205 Å². The van der Waals surface area contributed by atoms with Crippen LogP contribution in [0.5, 0.6) is 0 Å². The summed E-state index contributed by atoms with van der Waals surface area (Å²) in [6, 6.07) is 72.7. The average Bonchev–Trinajstić information content (AvgIpc) is 3.75. The molecule has 1 aromatic heterocycles. The third-order valence-electron chi connectivity index (χ3n) is 12.1. The van der Waals surface area contributed by atoms with Gasteiger partial charge >= 0.3 is 0 Å². The van der Waals surface area contributed by atoms with Crippen molar-refractivity contribution in [2.45, 2.75) is 19.3 Å². The van der Waals surface area contributed by atoms with Crippen molar-refractivity contribution < 1.29 is 4.42 Å². The summed E-state index contributed by atoms with van der Waals surface area (Å²) in [7, 11) is 0. The van der Waals surface area contributed by atoms with E-state index >= 15 is 0 Å². The summed E-state index contributed by atoms with van der Waals surface area (Å²) in [5, 5.41) is 4.73. The Balaban J connectivity index is 1.04. The van der Waals surface area contributed by atoms with Gasteiger partial charge in [0.1, 0.15) is 11.2 Å². The van der Waals surface area contributed by atoms with Crippen molar-refractivity contribution in [1.29, 1.82) is 0 Å². The fraction of sp³-hybridized carbons (Fsp3) is 0.0545. The van der Waals surface area contributed by atoms with Crippen LogP contribution >= 0.6 is 0 Å². The topological polar surface area (TPSA) is 16.4 Å². The highest BCUT2D eigenvalue weighted by molar-refractivity contribution is 6.06. The Morgan fingerprint density at radius 1 is 0.368 bits per heavy atom. The molecule has 0 fully saturated rings. The van der Waals surface area contributed by atoms with Crippen LogP contribution < -0.4 is 4.90 Å². The summed E-state index contributed by atoms with van der Waals surface area (Å²) in [4.78, 5) is 2.37. The molecule has 0 atom stereocenters. The number of rotatable bonds is 6. The summed E-state index contributed by atoms with van der Waals surface area (Å²) in [6.07, 6.45) is 0. The van der Waals surface area contributed by atoms with Gasteiger partial charge in [-0.15, -0.1) is 0 Å². The van der Waals surface area contributed by atoms with Crippen molar-refractivity contribution in [3.8, 4) is 44.5 Å². The summed E-state index contributed by atoms with van der Waals surface area (Å²) in [5.41, 5.74) is 17.5. The van der Waals surface area contributed by atoms with E-state index in [-0.39, 0.29) is 5.41 Å². The minimum Gasteiger partial charge on any atom is -0.456 e. The third kappa shape index (κ3) is 5.40. The van der Waals surface area contributed by atoms with Crippen molar-refractivity contribution in [3.63, 3.8) is 0 Å². The van der Waals surface area contributed by atoms with Crippen LogP contribution in [-0.2, 0) is 5.41 Å². The predicted octanol–water partition coefficient (Wildman–Crippen LogP) is 15.5. The zero-order valence-corrected chi connectivity index (χ0v) is 31.9. The molecule has 2 nitrogen and oxygen atoms in total. The first-order chi connectivity index (χ1) is 28.0. The second-order valence-electron chi connectivity index (χ2n) is 15.7. The lowest BCUT2D eigenvalue weighted by molar-refractivity contribution is 0.660. The van der Waals surface area contributed by atoms with Crippen LogP contribution in [0.4, 0.5) is 17.1 Å². The van der Waals surface area contributed by atoms with Gasteiger partial charge < -0.3 is 9.32 Å². The molecule has 0 N–H and O–H groups in total. The maximum atomic E-state index is 6.46. The van der Waals surface area contributed by atoms with E-state index in [2.05, 4.69) is 207 Å². The molecule has 57 heavy (non-hydrogen) atoms. The number of hydrogen-bond acceptors (Lipinski definition) is 2. The first kappa shape index (κ1) is 33.2. The van der Waals surface area contributed by atoms with Gasteiger partial charge in [0, 0.05) is 39.2 Å². The van der Waals surface area contributed by atoms with E-state index < -0.39 is 0 Å². The lowest BCUT2D eigenvalue weighted by atomic mass is 9.81. The van der Waals surface area contributed by atoms with Crippen LogP contribution in [0.3, 0.4) is 0 Å². The molecule has 11 rings (SSSR count). The highest BCUT2D eigenvalue weighted by Gasteiger charge is 2.35. The Bertz CT molecular complexity index is 3160. The minimum absolute atomic E-state index is 0.0530. The van der Waals surface area contributed by atoms with Gasteiger partial charge in [0.15, 0.2) is 0 Å². The maximum Gasteiger partial charge on any atom is 0.137 e. The Kier molecular flexibility index (Phi) is 7.55. The molecule has 9 aromatic carbocycles. The predicted molar refractivity (Wildman–Crippen MR) is 240 cm³/mol. The van der Waals surface area contributed by atoms with Crippen molar-refractivity contribution in [1.82, 2.24) is 0 Å². The van der Waals surface area contributed by atoms with Gasteiger partial charge in [-0.3, -0.25) is 0 Å². The number of furan rings is 1. The Hall–Kier alpha value is -7.16. The van der Waals surface area contributed by atoms with E-state index in [1.807, 2.05) is 12.1 Å². The summed E-state index contributed by atoms with van der Waals surface area (Å²) >= 11 is 0. The van der Waals surface area contributed by atoms with E-state index in [9.17, 15) is 0 Å². The molecule has 0 aliphatic heterocycles. The van der Waals surface area contributed by atoms with Crippen LogP contribution in [0, 0.1) is 0 Å². The lowest BCUT2D eigenvalue weighted by Crippen LogP contribution is -2.14. The average molecular weight is 730 g/mol. The smallest absolute Gasteiger partial charge is 0.137 e. The fourth-order valence-corrected chi connectivity index (χ4v) is 9.21. The third-order valence-corrected chi connectivity index (χ3v) is 12.1.